The summed E-state index contributed by atoms with van der Waals surface area (Å²) in [7, 11) is 0. The molecule has 0 bridgehead atoms. The van der Waals surface area contributed by atoms with E-state index in [0.29, 0.717) is 59.2 Å². The van der Waals surface area contributed by atoms with E-state index in [2.05, 4.69) is 37.6 Å². The Labute approximate surface area is 198 Å². The molecule has 6 nitrogen and oxygen atoms in total. The quantitative estimate of drug-likeness (QED) is 0.415. The van der Waals surface area contributed by atoms with E-state index >= 15 is 0 Å². The molecule has 2 heterocycles. The predicted octanol–water partition coefficient (Wildman–Crippen LogP) is 4.80. The number of hydrogen-bond donors (Lipinski definition) is 2. The molecule has 1 aromatic carbocycles. The van der Waals surface area contributed by atoms with Gasteiger partial charge in [0.15, 0.2) is 0 Å². The Morgan fingerprint density at radius 1 is 1.12 bits per heavy atom. The second kappa shape index (κ2) is 11.4. The Morgan fingerprint density at radius 3 is 2.56 bits per heavy atom. The number of halogens is 1. The zero-order chi connectivity index (χ0) is 23.3. The number of aromatic nitrogens is 2. The number of rotatable bonds is 11. The van der Waals surface area contributed by atoms with Crippen molar-refractivity contribution in [3.05, 3.63) is 50.8 Å². The maximum Gasteiger partial charge on any atom is 0.260 e. The van der Waals surface area contributed by atoms with Crippen LogP contribution in [0.2, 0.25) is 5.02 Å². The number of aliphatic hydroxyl groups excluding tert-OH is 1. The van der Waals surface area contributed by atoms with Gasteiger partial charge in [-0.1, -0.05) is 57.5 Å². The van der Waals surface area contributed by atoms with Gasteiger partial charge >= 0.3 is 0 Å². The van der Waals surface area contributed by atoms with Gasteiger partial charge in [0.25, 0.3) is 5.56 Å². The number of ether oxygens (including phenoxy) is 1. The molecule has 0 amide bonds. The van der Waals surface area contributed by atoms with Gasteiger partial charge in [-0.05, 0) is 17.9 Å². The van der Waals surface area contributed by atoms with E-state index in [-0.39, 0.29) is 5.56 Å². The Balaban J connectivity index is 1.79. The van der Waals surface area contributed by atoms with Crippen LogP contribution in [0.4, 0.5) is 0 Å². The lowest BCUT2D eigenvalue weighted by molar-refractivity contribution is 0.00485. The third-order valence-corrected chi connectivity index (χ3v) is 6.09. The van der Waals surface area contributed by atoms with Gasteiger partial charge in [-0.2, -0.15) is 0 Å². The normalized spacial score (nSPS) is 13.0. The lowest BCUT2D eigenvalue weighted by Gasteiger charge is -2.26. The van der Waals surface area contributed by atoms with Crippen LogP contribution in [0.5, 0.6) is 0 Å². The molecule has 32 heavy (non-hydrogen) atoms. The summed E-state index contributed by atoms with van der Waals surface area (Å²) in [5.41, 5.74) is 1.45. The molecule has 8 heteroatoms. The number of nitrogens with zero attached hydrogens (tertiary/aromatic N) is 2. The Morgan fingerprint density at radius 2 is 1.88 bits per heavy atom. The van der Waals surface area contributed by atoms with Crippen molar-refractivity contribution in [2.75, 3.05) is 26.3 Å². The zero-order valence-electron chi connectivity index (χ0n) is 19.1. The standard InChI is InChI=1S/C24H32ClN3O3S/c1-15(2)9-28(10-17(29)13-31-12-16(3)4)11-21-26-23(30)22-19(14-32-24(22)27-21)18-7-5-6-8-20(18)25/h5-8,14-17,29H,9-13H2,1-4H3,(H,26,27,30). The molecule has 3 aromatic rings. The van der Waals surface area contributed by atoms with Gasteiger partial charge < -0.3 is 14.8 Å². The van der Waals surface area contributed by atoms with E-state index in [1.807, 2.05) is 29.6 Å². The first-order chi connectivity index (χ1) is 15.2. The summed E-state index contributed by atoms with van der Waals surface area (Å²) < 4.78 is 5.58. The SMILES string of the molecule is CC(C)COCC(O)CN(Cc1nc2scc(-c3ccccc3Cl)c2c(=O)[nH]1)CC(C)C. The van der Waals surface area contributed by atoms with Crippen LogP contribution >= 0.6 is 22.9 Å². The number of thiophene rings is 1. The monoisotopic (exact) mass is 477 g/mol. The fraction of sp³-hybridized carbons (Fsp3) is 0.500. The van der Waals surface area contributed by atoms with Crippen LogP contribution in [0.1, 0.15) is 33.5 Å². The van der Waals surface area contributed by atoms with Crippen LogP contribution in [-0.4, -0.2) is 52.4 Å². The molecular weight excluding hydrogens is 446 g/mol. The van der Waals surface area contributed by atoms with E-state index in [1.54, 1.807) is 0 Å². The van der Waals surface area contributed by atoms with Gasteiger partial charge in [-0.25, -0.2) is 4.98 Å². The van der Waals surface area contributed by atoms with Gasteiger partial charge in [0.2, 0.25) is 0 Å². The van der Waals surface area contributed by atoms with Crippen LogP contribution in [0.3, 0.4) is 0 Å². The average molecular weight is 478 g/mol. The van der Waals surface area contributed by atoms with E-state index in [4.69, 9.17) is 21.3 Å². The molecule has 3 rings (SSSR count). The van der Waals surface area contributed by atoms with Crippen molar-refractivity contribution in [1.82, 2.24) is 14.9 Å². The fourth-order valence-corrected chi connectivity index (χ4v) is 4.86. The zero-order valence-corrected chi connectivity index (χ0v) is 20.7. The third-order valence-electron chi connectivity index (χ3n) is 4.88. The summed E-state index contributed by atoms with van der Waals surface area (Å²) in [6.45, 7) is 11.0. The lowest BCUT2D eigenvalue weighted by Crippen LogP contribution is -2.37. The van der Waals surface area contributed by atoms with Gasteiger partial charge in [0.1, 0.15) is 10.7 Å². The summed E-state index contributed by atoms with van der Waals surface area (Å²) in [4.78, 5) is 23.4. The van der Waals surface area contributed by atoms with E-state index in [1.165, 1.54) is 11.3 Å². The van der Waals surface area contributed by atoms with Crippen LogP contribution in [0.15, 0.2) is 34.4 Å². The molecule has 0 aliphatic rings. The van der Waals surface area contributed by atoms with E-state index in [9.17, 15) is 9.90 Å². The number of benzene rings is 1. The van der Waals surface area contributed by atoms with Crippen molar-refractivity contribution in [3.63, 3.8) is 0 Å². The average Bonchev–Trinajstić information content (AvgIpc) is 3.11. The molecular formula is C24H32ClN3O3S. The second-order valence-electron chi connectivity index (χ2n) is 9.00. The van der Waals surface area contributed by atoms with Crippen LogP contribution in [-0.2, 0) is 11.3 Å². The lowest BCUT2D eigenvalue weighted by atomic mass is 10.1. The Bertz CT molecular complexity index is 1080. The summed E-state index contributed by atoms with van der Waals surface area (Å²) in [5.74, 6) is 1.42. The van der Waals surface area contributed by atoms with E-state index < -0.39 is 6.10 Å². The maximum atomic E-state index is 13.0. The van der Waals surface area contributed by atoms with Gasteiger partial charge in [0.05, 0.1) is 24.6 Å². The predicted molar refractivity (Wildman–Crippen MR) is 132 cm³/mol. The number of hydrogen-bond acceptors (Lipinski definition) is 6. The molecule has 0 fully saturated rings. The minimum atomic E-state index is -0.600. The van der Waals surface area contributed by atoms with Gasteiger partial charge in [-0.3, -0.25) is 9.69 Å². The second-order valence-corrected chi connectivity index (χ2v) is 10.3. The topological polar surface area (TPSA) is 78.5 Å². The smallest absolute Gasteiger partial charge is 0.260 e. The van der Waals surface area contributed by atoms with Crippen molar-refractivity contribution in [2.45, 2.75) is 40.3 Å². The van der Waals surface area contributed by atoms with Crippen LogP contribution in [0.25, 0.3) is 21.3 Å². The van der Waals surface area contributed by atoms with E-state index in [0.717, 1.165) is 17.7 Å². The fourth-order valence-electron chi connectivity index (χ4n) is 3.67. The molecule has 0 saturated carbocycles. The highest BCUT2D eigenvalue weighted by molar-refractivity contribution is 7.17. The van der Waals surface area contributed by atoms with Crippen molar-refractivity contribution < 1.29 is 9.84 Å². The molecule has 0 saturated heterocycles. The molecule has 0 spiro atoms. The highest BCUT2D eigenvalue weighted by Crippen LogP contribution is 2.34. The summed E-state index contributed by atoms with van der Waals surface area (Å²) >= 11 is 7.79. The summed E-state index contributed by atoms with van der Waals surface area (Å²) in [6.07, 6.45) is -0.600. The Kier molecular flexibility index (Phi) is 8.85. The first-order valence-corrected chi connectivity index (χ1v) is 12.2. The molecule has 1 atom stereocenters. The summed E-state index contributed by atoms with van der Waals surface area (Å²) in [5, 5.41) is 13.5. The number of aromatic amines is 1. The largest absolute Gasteiger partial charge is 0.389 e. The number of nitrogens with one attached hydrogen (secondary N) is 1. The van der Waals surface area contributed by atoms with Crippen molar-refractivity contribution >= 4 is 33.2 Å². The van der Waals surface area contributed by atoms with Crippen molar-refractivity contribution in [1.29, 1.82) is 0 Å². The first-order valence-electron chi connectivity index (χ1n) is 11.0. The first kappa shape index (κ1) is 24.9. The molecule has 0 radical (unpaired) electrons. The van der Waals surface area contributed by atoms with Crippen LogP contribution < -0.4 is 5.56 Å². The number of fused-ring (bicyclic) bond motifs is 1. The van der Waals surface area contributed by atoms with Gasteiger partial charge in [0, 0.05) is 41.2 Å². The minimum absolute atomic E-state index is 0.175. The molecule has 2 aromatic heterocycles. The number of aliphatic hydroxyl groups is 1. The highest BCUT2D eigenvalue weighted by Gasteiger charge is 2.18. The molecule has 174 valence electrons. The molecule has 0 aliphatic carbocycles. The highest BCUT2D eigenvalue weighted by atomic mass is 35.5. The van der Waals surface area contributed by atoms with Crippen molar-refractivity contribution in [2.24, 2.45) is 11.8 Å². The molecule has 1 unspecified atom stereocenters. The molecule has 0 aliphatic heterocycles. The minimum Gasteiger partial charge on any atom is -0.389 e. The van der Waals surface area contributed by atoms with Gasteiger partial charge in [-0.15, -0.1) is 11.3 Å². The Hall–Kier alpha value is -1.77. The van der Waals surface area contributed by atoms with Crippen LogP contribution in [0, 0.1) is 11.8 Å². The molecule has 2 N–H and O–H groups in total. The maximum absolute atomic E-state index is 13.0. The van der Waals surface area contributed by atoms with Crippen molar-refractivity contribution in [3.8, 4) is 11.1 Å². The summed E-state index contributed by atoms with van der Waals surface area (Å²) in [6, 6.07) is 7.49. The third kappa shape index (κ3) is 6.62. The number of H-pyrrole nitrogens is 1.